The van der Waals surface area contributed by atoms with Crippen molar-refractivity contribution in [2.45, 2.75) is 19.9 Å². The molecule has 2 nitrogen and oxygen atoms in total. The van der Waals surface area contributed by atoms with E-state index in [9.17, 15) is 4.79 Å². The number of amides is 1. The Bertz CT molecular complexity index is 517. The second-order valence-electron chi connectivity index (χ2n) is 4.47. The molecule has 2 heteroatoms. The Morgan fingerprint density at radius 3 is 2.22 bits per heavy atom. The molecule has 0 bridgehead atoms. The van der Waals surface area contributed by atoms with Gasteiger partial charge in [-0.05, 0) is 31.5 Å². The third-order valence-corrected chi connectivity index (χ3v) is 2.96. The fourth-order valence-corrected chi connectivity index (χ4v) is 1.81. The first-order valence-corrected chi connectivity index (χ1v) is 6.09. The number of rotatable bonds is 3. The Morgan fingerprint density at radius 1 is 1.00 bits per heavy atom. The number of aryl methyl sites for hydroxylation is 1. The molecule has 1 amide bonds. The van der Waals surface area contributed by atoms with Gasteiger partial charge in [-0.25, -0.2) is 0 Å². The van der Waals surface area contributed by atoms with Gasteiger partial charge < -0.3 is 5.32 Å². The molecule has 1 atom stereocenters. The quantitative estimate of drug-likeness (QED) is 0.872. The van der Waals surface area contributed by atoms with Gasteiger partial charge in [-0.1, -0.05) is 48.0 Å². The zero-order valence-electron chi connectivity index (χ0n) is 10.7. The number of nitrogens with one attached hydrogen (secondary N) is 1. The van der Waals surface area contributed by atoms with Crippen molar-refractivity contribution in [3.63, 3.8) is 0 Å². The van der Waals surface area contributed by atoms with Crippen LogP contribution in [0.3, 0.4) is 0 Å². The Kier molecular flexibility index (Phi) is 3.78. The van der Waals surface area contributed by atoms with Crippen LogP contribution in [0.4, 0.5) is 0 Å². The van der Waals surface area contributed by atoms with Crippen molar-refractivity contribution in [3.8, 4) is 0 Å². The minimum absolute atomic E-state index is 0.0139. The molecule has 0 heterocycles. The zero-order chi connectivity index (χ0) is 13.0. The smallest absolute Gasteiger partial charge is 0.251 e. The zero-order valence-corrected chi connectivity index (χ0v) is 10.7. The summed E-state index contributed by atoms with van der Waals surface area (Å²) in [5, 5.41) is 2.99. The first-order chi connectivity index (χ1) is 8.66. The van der Waals surface area contributed by atoms with Crippen LogP contribution in [0.2, 0.25) is 0 Å². The van der Waals surface area contributed by atoms with E-state index in [2.05, 4.69) is 5.32 Å². The van der Waals surface area contributed by atoms with E-state index in [-0.39, 0.29) is 11.9 Å². The van der Waals surface area contributed by atoms with Gasteiger partial charge in [0.05, 0.1) is 6.04 Å². The molecule has 1 N–H and O–H groups in total. The summed E-state index contributed by atoms with van der Waals surface area (Å²) in [5.41, 5.74) is 2.96. The first kappa shape index (κ1) is 12.4. The van der Waals surface area contributed by atoms with E-state index in [0.29, 0.717) is 5.56 Å². The minimum Gasteiger partial charge on any atom is -0.346 e. The SMILES string of the molecule is Cc1ccc(C(=O)NC(C)c2ccccc2)cc1. The first-order valence-electron chi connectivity index (χ1n) is 6.09. The van der Waals surface area contributed by atoms with Crippen LogP contribution in [0.25, 0.3) is 0 Å². The normalized spacial score (nSPS) is 11.9. The molecule has 0 aromatic heterocycles. The molecule has 1 unspecified atom stereocenters. The largest absolute Gasteiger partial charge is 0.346 e. The maximum atomic E-state index is 12.0. The standard InChI is InChI=1S/C16H17NO/c1-12-8-10-15(11-9-12)16(18)17-13(2)14-6-4-3-5-7-14/h3-11,13H,1-2H3,(H,17,18). The molecule has 92 valence electrons. The van der Waals surface area contributed by atoms with Crippen molar-refractivity contribution in [2.75, 3.05) is 0 Å². The Labute approximate surface area is 108 Å². The topological polar surface area (TPSA) is 29.1 Å². The van der Waals surface area contributed by atoms with Gasteiger partial charge in [0, 0.05) is 5.56 Å². The lowest BCUT2D eigenvalue weighted by atomic mass is 10.1. The highest BCUT2D eigenvalue weighted by Gasteiger charge is 2.10. The third-order valence-electron chi connectivity index (χ3n) is 2.96. The molecule has 0 radical (unpaired) electrons. The summed E-state index contributed by atoms with van der Waals surface area (Å²) in [6.07, 6.45) is 0. The average Bonchev–Trinajstić information content (AvgIpc) is 2.40. The maximum Gasteiger partial charge on any atom is 0.251 e. The predicted octanol–water partition coefficient (Wildman–Crippen LogP) is 3.49. The monoisotopic (exact) mass is 239 g/mol. The molecular formula is C16H17NO. The van der Waals surface area contributed by atoms with Crippen molar-refractivity contribution >= 4 is 5.91 Å². The van der Waals surface area contributed by atoms with Crippen molar-refractivity contribution in [3.05, 3.63) is 71.3 Å². The maximum absolute atomic E-state index is 12.0. The second-order valence-corrected chi connectivity index (χ2v) is 4.47. The fourth-order valence-electron chi connectivity index (χ4n) is 1.81. The van der Waals surface area contributed by atoms with Crippen molar-refractivity contribution < 1.29 is 4.79 Å². The summed E-state index contributed by atoms with van der Waals surface area (Å²) in [4.78, 5) is 12.0. The van der Waals surface area contributed by atoms with Gasteiger partial charge in [0.15, 0.2) is 0 Å². The van der Waals surface area contributed by atoms with Crippen LogP contribution in [-0.4, -0.2) is 5.91 Å². The second kappa shape index (κ2) is 5.50. The van der Waals surface area contributed by atoms with Crippen LogP contribution in [0.15, 0.2) is 54.6 Å². The molecule has 18 heavy (non-hydrogen) atoms. The summed E-state index contributed by atoms with van der Waals surface area (Å²) in [6, 6.07) is 17.6. The molecular weight excluding hydrogens is 222 g/mol. The van der Waals surface area contributed by atoms with Gasteiger partial charge in [0.1, 0.15) is 0 Å². The van der Waals surface area contributed by atoms with Crippen LogP contribution in [-0.2, 0) is 0 Å². The van der Waals surface area contributed by atoms with Crippen LogP contribution in [0, 0.1) is 6.92 Å². The highest BCUT2D eigenvalue weighted by molar-refractivity contribution is 5.94. The van der Waals surface area contributed by atoms with Crippen LogP contribution in [0.1, 0.15) is 34.5 Å². The Morgan fingerprint density at radius 2 is 1.61 bits per heavy atom. The number of carbonyl (C=O) groups is 1. The highest BCUT2D eigenvalue weighted by Crippen LogP contribution is 2.12. The van der Waals surface area contributed by atoms with E-state index in [4.69, 9.17) is 0 Å². The summed E-state index contributed by atoms with van der Waals surface area (Å²) >= 11 is 0. The van der Waals surface area contributed by atoms with E-state index in [1.165, 1.54) is 0 Å². The molecule has 2 aromatic carbocycles. The van der Waals surface area contributed by atoms with Crippen LogP contribution >= 0.6 is 0 Å². The lowest BCUT2D eigenvalue weighted by Crippen LogP contribution is -2.26. The van der Waals surface area contributed by atoms with Crippen LogP contribution in [0.5, 0.6) is 0 Å². The number of hydrogen-bond acceptors (Lipinski definition) is 1. The predicted molar refractivity (Wildman–Crippen MR) is 73.5 cm³/mol. The number of benzene rings is 2. The van der Waals surface area contributed by atoms with Crippen molar-refractivity contribution in [2.24, 2.45) is 0 Å². The molecule has 0 aliphatic rings. The van der Waals surface area contributed by atoms with Crippen molar-refractivity contribution in [1.82, 2.24) is 5.32 Å². The lowest BCUT2D eigenvalue weighted by molar-refractivity contribution is 0.0940. The summed E-state index contributed by atoms with van der Waals surface area (Å²) in [5.74, 6) is -0.0358. The molecule has 0 saturated carbocycles. The van der Waals surface area contributed by atoms with Gasteiger partial charge in [-0.2, -0.15) is 0 Å². The van der Waals surface area contributed by atoms with E-state index < -0.39 is 0 Å². The highest BCUT2D eigenvalue weighted by atomic mass is 16.1. The third kappa shape index (κ3) is 2.98. The molecule has 0 fully saturated rings. The van der Waals surface area contributed by atoms with Crippen molar-refractivity contribution in [1.29, 1.82) is 0 Å². The van der Waals surface area contributed by atoms with Crippen LogP contribution < -0.4 is 5.32 Å². The Hall–Kier alpha value is -2.09. The van der Waals surface area contributed by atoms with Gasteiger partial charge in [-0.15, -0.1) is 0 Å². The van der Waals surface area contributed by atoms with Gasteiger partial charge in [0.2, 0.25) is 0 Å². The molecule has 0 spiro atoms. The van der Waals surface area contributed by atoms with E-state index in [1.54, 1.807) is 0 Å². The summed E-state index contributed by atoms with van der Waals surface area (Å²) in [7, 11) is 0. The van der Waals surface area contributed by atoms with Gasteiger partial charge in [-0.3, -0.25) is 4.79 Å². The number of hydrogen-bond donors (Lipinski definition) is 1. The molecule has 0 saturated heterocycles. The fraction of sp³-hybridized carbons (Fsp3) is 0.188. The van der Waals surface area contributed by atoms with E-state index >= 15 is 0 Å². The average molecular weight is 239 g/mol. The minimum atomic E-state index is -0.0358. The van der Waals surface area contributed by atoms with Gasteiger partial charge in [0.25, 0.3) is 5.91 Å². The molecule has 2 rings (SSSR count). The van der Waals surface area contributed by atoms with E-state index in [0.717, 1.165) is 11.1 Å². The number of carbonyl (C=O) groups excluding carboxylic acids is 1. The molecule has 0 aliphatic heterocycles. The van der Waals surface area contributed by atoms with Gasteiger partial charge >= 0.3 is 0 Å². The van der Waals surface area contributed by atoms with E-state index in [1.807, 2.05) is 68.4 Å². The summed E-state index contributed by atoms with van der Waals surface area (Å²) < 4.78 is 0. The molecule has 2 aromatic rings. The lowest BCUT2D eigenvalue weighted by Gasteiger charge is -2.14. The summed E-state index contributed by atoms with van der Waals surface area (Å²) in [6.45, 7) is 4.00. The molecule has 0 aliphatic carbocycles. The Balaban J connectivity index is 2.06.